The quantitative estimate of drug-likeness (QED) is 0.765. The summed E-state index contributed by atoms with van der Waals surface area (Å²) in [4.78, 5) is 11.6. The highest BCUT2D eigenvalue weighted by Gasteiger charge is 2.46. The van der Waals surface area contributed by atoms with Crippen LogP contribution in [0, 0.1) is 0 Å². The zero-order valence-electron chi connectivity index (χ0n) is 9.37. The molecule has 2 rings (SSSR count). The first-order valence-corrected chi connectivity index (χ1v) is 5.98. The number of carbonyl (C=O) groups is 1. The number of aliphatic hydroxyl groups is 1. The van der Waals surface area contributed by atoms with Gasteiger partial charge in [0.25, 0.3) is 0 Å². The van der Waals surface area contributed by atoms with Crippen molar-refractivity contribution < 1.29 is 9.90 Å². The number of nitrogens with one attached hydrogen (secondary N) is 2. The van der Waals surface area contributed by atoms with Gasteiger partial charge in [-0.25, -0.2) is 4.79 Å². The van der Waals surface area contributed by atoms with Crippen LogP contribution in [0.15, 0.2) is 24.3 Å². The average molecular weight is 255 g/mol. The summed E-state index contributed by atoms with van der Waals surface area (Å²) >= 11 is 6.12. The molecule has 1 saturated carbocycles. The van der Waals surface area contributed by atoms with E-state index in [1.54, 1.807) is 0 Å². The number of carbonyl (C=O) groups excluding carboxylic acids is 1. The lowest BCUT2D eigenvalue weighted by Crippen LogP contribution is -2.43. The van der Waals surface area contributed by atoms with Crippen molar-refractivity contribution in [3.63, 3.8) is 0 Å². The van der Waals surface area contributed by atoms with Gasteiger partial charge in [-0.1, -0.05) is 29.8 Å². The Morgan fingerprint density at radius 3 is 2.71 bits per heavy atom. The van der Waals surface area contributed by atoms with Gasteiger partial charge >= 0.3 is 6.03 Å². The molecule has 4 nitrogen and oxygen atoms in total. The summed E-state index contributed by atoms with van der Waals surface area (Å²) in [6.07, 6.45) is 1.78. The standard InChI is InChI=1S/C12H15ClN2O2/c13-10-4-2-1-3-9(10)12(5-6-12)15-11(17)14-7-8-16/h1-4,16H,5-8H2,(H2,14,15,17). The van der Waals surface area contributed by atoms with Crippen molar-refractivity contribution in [3.05, 3.63) is 34.9 Å². The normalized spacial score (nSPS) is 16.4. The summed E-state index contributed by atoms with van der Waals surface area (Å²) in [5.41, 5.74) is 0.638. The summed E-state index contributed by atoms with van der Waals surface area (Å²) in [6, 6.07) is 7.27. The Morgan fingerprint density at radius 2 is 2.12 bits per heavy atom. The van der Waals surface area contributed by atoms with Gasteiger partial charge in [-0.2, -0.15) is 0 Å². The fourth-order valence-electron chi connectivity index (χ4n) is 1.87. The maximum atomic E-state index is 11.6. The number of hydrogen-bond donors (Lipinski definition) is 3. The second-order valence-electron chi connectivity index (χ2n) is 4.17. The van der Waals surface area contributed by atoms with Gasteiger partial charge < -0.3 is 15.7 Å². The molecule has 1 aliphatic carbocycles. The molecule has 0 heterocycles. The molecule has 0 aromatic heterocycles. The molecule has 3 N–H and O–H groups in total. The monoisotopic (exact) mass is 254 g/mol. The van der Waals surface area contributed by atoms with Gasteiger partial charge in [-0.15, -0.1) is 0 Å². The van der Waals surface area contributed by atoms with Crippen LogP contribution in [-0.4, -0.2) is 24.3 Å². The number of aliphatic hydroxyl groups excluding tert-OH is 1. The maximum absolute atomic E-state index is 11.6. The molecule has 1 aromatic rings. The third-order valence-corrected chi connectivity index (χ3v) is 3.22. The van der Waals surface area contributed by atoms with Crippen molar-refractivity contribution in [2.75, 3.05) is 13.2 Å². The lowest BCUT2D eigenvalue weighted by molar-refractivity contribution is 0.229. The fourth-order valence-corrected chi connectivity index (χ4v) is 2.18. The summed E-state index contributed by atoms with van der Waals surface area (Å²) in [7, 11) is 0. The summed E-state index contributed by atoms with van der Waals surface area (Å²) in [6.45, 7) is 0.191. The van der Waals surface area contributed by atoms with Gasteiger partial charge in [0, 0.05) is 11.6 Å². The molecule has 0 saturated heterocycles. The largest absolute Gasteiger partial charge is 0.395 e. The lowest BCUT2D eigenvalue weighted by atomic mass is 10.1. The Kier molecular flexibility index (Phi) is 3.54. The molecule has 2 amide bonds. The zero-order valence-corrected chi connectivity index (χ0v) is 10.1. The first-order chi connectivity index (χ1) is 8.18. The minimum absolute atomic E-state index is 0.0630. The zero-order chi connectivity index (χ0) is 12.3. The Hall–Kier alpha value is -1.26. The smallest absolute Gasteiger partial charge is 0.315 e. The summed E-state index contributed by atoms with van der Waals surface area (Å²) in [5.74, 6) is 0. The molecule has 1 aromatic carbocycles. The Morgan fingerprint density at radius 1 is 1.41 bits per heavy atom. The molecule has 0 atom stereocenters. The summed E-state index contributed by atoms with van der Waals surface area (Å²) < 4.78 is 0. The van der Waals surface area contributed by atoms with Crippen LogP contribution in [0.4, 0.5) is 4.79 Å². The Labute approximate surface area is 105 Å². The number of benzene rings is 1. The van der Waals surface area contributed by atoms with Crippen molar-refractivity contribution in [2.24, 2.45) is 0 Å². The third-order valence-electron chi connectivity index (χ3n) is 2.89. The third kappa shape index (κ3) is 2.70. The van der Waals surface area contributed by atoms with E-state index in [0.717, 1.165) is 18.4 Å². The SMILES string of the molecule is O=C(NCCO)NC1(c2ccccc2Cl)CC1. The van der Waals surface area contributed by atoms with Gasteiger partial charge in [0.15, 0.2) is 0 Å². The number of hydrogen-bond acceptors (Lipinski definition) is 2. The maximum Gasteiger partial charge on any atom is 0.315 e. The molecule has 1 aliphatic rings. The highest BCUT2D eigenvalue weighted by atomic mass is 35.5. The Balaban J connectivity index is 2.05. The van der Waals surface area contributed by atoms with Gasteiger partial charge in [-0.3, -0.25) is 0 Å². The topological polar surface area (TPSA) is 61.4 Å². The molecule has 0 radical (unpaired) electrons. The summed E-state index contributed by atoms with van der Waals surface area (Å²) in [5, 5.41) is 14.8. The lowest BCUT2D eigenvalue weighted by Gasteiger charge is -2.19. The minimum atomic E-state index is -0.322. The van der Waals surface area contributed by atoms with Crippen molar-refractivity contribution >= 4 is 17.6 Å². The van der Waals surface area contributed by atoms with E-state index in [1.165, 1.54) is 0 Å². The van der Waals surface area contributed by atoms with E-state index in [2.05, 4.69) is 10.6 Å². The van der Waals surface area contributed by atoms with Crippen LogP contribution in [-0.2, 0) is 5.54 Å². The van der Waals surface area contributed by atoms with Crippen LogP contribution in [0.25, 0.3) is 0 Å². The predicted molar refractivity (Wildman–Crippen MR) is 66.0 cm³/mol. The minimum Gasteiger partial charge on any atom is -0.395 e. The molecule has 0 bridgehead atoms. The second kappa shape index (κ2) is 4.94. The van der Waals surface area contributed by atoms with E-state index < -0.39 is 0 Å². The van der Waals surface area contributed by atoms with Crippen LogP contribution in [0.1, 0.15) is 18.4 Å². The van der Waals surface area contributed by atoms with Crippen LogP contribution < -0.4 is 10.6 Å². The van der Waals surface area contributed by atoms with Gasteiger partial charge in [0.05, 0.1) is 12.1 Å². The molecule has 0 spiro atoms. The van der Waals surface area contributed by atoms with E-state index in [9.17, 15) is 4.79 Å². The number of halogens is 1. The number of rotatable bonds is 4. The number of urea groups is 1. The van der Waals surface area contributed by atoms with Crippen molar-refractivity contribution in [1.29, 1.82) is 0 Å². The molecule has 92 valence electrons. The molecule has 0 aliphatic heterocycles. The van der Waals surface area contributed by atoms with Crippen molar-refractivity contribution in [1.82, 2.24) is 10.6 Å². The van der Waals surface area contributed by atoms with Crippen molar-refractivity contribution in [2.45, 2.75) is 18.4 Å². The molecule has 5 heteroatoms. The highest BCUT2D eigenvalue weighted by Crippen LogP contribution is 2.47. The fraction of sp³-hybridized carbons (Fsp3) is 0.417. The van der Waals surface area contributed by atoms with E-state index in [-0.39, 0.29) is 24.7 Å². The number of amides is 2. The second-order valence-corrected chi connectivity index (χ2v) is 4.57. The Bertz CT molecular complexity index is 419. The highest BCUT2D eigenvalue weighted by molar-refractivity contribution is 6.31. The van der Waals surface area contributed by atoms with Crippen LogP contribution >= 0.6 is 11.6 Å². The van der Waals surface area contributed by atoms with E-state index >= 15 is 0 Å². The van der Waals surface area contributed by atoms with Crippen LogP contribution in [0.5, 0.6) is 0 Å². The first kappa shape index (κ1) is 12.2. The molecule has 1 fully saturated rings. The molecule has 17 heavy (non-hydrogen) atoms. The van der Waals surface area contributed by atoms with Gasteiger partial charge in [-0.05, 0) is 24.5 Å². The predicted octanol–water partition coefficient (Wildman–Crippen LogP) is 1.62. The molecular weight excluding hydrogens is 240 g/mol. The van der Waals surface area contributed by atoms with Crippen LogP contribution in [0.2, 0.25) is 5.02 Å². The van der Waals surface area contributed by atoms with Crippen LogP contribution in [0.3, 0.4) is 0 Å². The molecule has 0 unspecified atom stereocenters. The van der Waals surface area contributed by atoms with E-state index in [4.69, 9.17) is 16.7 Å². The molecular formula is C12H15ClN2O2. The van der Waals surface area contributed by atoms with Gasteiger partial charge in [0.1, 0.15) is 0 Å². The van der Waals surface area contributed by atoms with E-state index in [0.29, 0.717) is 5.02 Å². The van der Waals surface area contributed by atoms with E-state index in [1.807, 2.05) is 24.3 Å². The first-order valence-electron chi connectivity index (χ1n) is 5.60. The van der Waals surface area contributed by atoms with Gasteiger partial charge in [0.2, 0.25) is 0 Å². The van der Waals surface area contributed by atoms with Crippen molar-refractivity contribution in [3.8, 4) is 0 Å². The average Bonchev–Trinajstić information content (AvgIpc) is 3.07.